The summed E-state index contributed by atoms with van der Waals surface area (Å²) in [6.07, 6.45) is -2.57. The van der Waals surface area contributed by atoms with Crippen molar-refractivity contribution in [3.63, 3.8) is 0 Å². The topological polar surface area (TPSA) is 62.9 Å². The zero-order valence-electron chi connectivity index (χ0n) is 14.1. The largest absolute Gasteiger partial charge is 0.573 e. The normalized spacial score (nSPS) is 18.7. The van der Waals surface area contributed by atoms with E-state index >= 15 is 0 Å². The molecular weight excluding hydrogens is 448 g/mol. The highest BCUT2D eigenvalue weighted by atomic mass is 127. The Kier molecular flexibility index (Phi) is 8.77. The molecule has 0 spiro atoms. The molecule has 0 amide bonds. The van der Waals surface area contributed by atoms with E-state index in [1.54, 1.807) is 6.07 Å². The lowest BCUT2D eigenvalue weighted by Gasteiger charge is -2.15. The Bertz CT molecular complexity index is 569. The molecule has 3 N–H and O–H groups in total. The number of nitrogens with zero attached hydrogens (tertiary/aromatic N) is 2. The van der Waals surface area contributed by atoms with E-state index in [4.69, 9.17) is 5.73 Å². The maximum Gasteiger partial charge on any atom is 0.573 e. The molecule has 1 unspecified atom stereocenters. The lowest BCUT2D eigenvalue weighted by atomic mass is 10.1. The van der Waals surface area contributed by atoms with E-state index in [-0.39, 0.29) is 41.4 Å². The summed E-state index contributed by atoms with van der Waals surface area (Å²) in [6, 6.07) is 5.74. The van der Waals surface area contributed by atoms with Crippen LogP contribution in [0.3, 0.4) is 0 Å². The molecule has 1 aromatic rings. The first-order chi connectivity index (χ1) is 11.4. The van der Waals surface area contributed by atoms with Crippen LogP contribution < -0.4 is 15.8 Å². The minimum Gasteiger partial charge on any atom is -0.404 e. The molecule has 5 nitrogen and oxygen atoms in total. The van der Waals surface area contributed by atoms with Crippen LogP contribution in [0.5, 0.6) is 5.75 Å². The molecule has 1 fully saturated rings. The number of para-hydroxylation sites is 2. The number of hydrogen-bond donors (Lipinski definition) is 2. The van der Waals surface area contributed by atoms with E-state index in [1.165, 1.54) is 18.2 Å². The van der Waals surface area contributed by atoms with Gasteiger partial charge in [0.25, 0.3) is 0 Å². The summed E-state index contributed by atoms with van der Waals surface area (Å²) in [5, 5.41) is 2.68. The lowest BCUT2D eigenvalue weighted by molar-refractivity contribution is -0.274. The third-order valence-electron chi connectivity index (χ3n) is 3.81. The van der Waals surface area contributed by atoms with Crippen molar-refractivity contribution in [1.82, 2.24) is 4.90 Å². The van der Waals surface area contributed by atoms with Crippen LogP contribution in [0.2, 0.25) is 0 Å². The summed E-state index contributed by atoms with van der Waals surface area (Å²) >= 11 is 0. The van der Waals surface area contributed by atoms with E-state index in [1.807, 2.05) is 0 Å². The number of hydrogen-bond acceptors (Lipinski definition) is 3. The van der Waals surface area contributed by atoms with Crippen LogP contribution in [0, 0.1) is 5.92 Å². The summed E-state index contributed by atoms with van der Waals surface area (Å²) in [4.78, 5) is 6.64. The summed E-state index contributed by atoms with van der Waals surface area (Å²) in [6.45, 7) is 5.83. The van der Waals surface area contributed by atoms with Crippen LogP contribution in [0.1, 0.15) is 19.8 Å². The smallest absolute Gasteiger partial charge is 0.404 e. The van der Waals surface area contributed by atoms with E-state index in [0.29, 0.717) is 12.5 Å². The van der Waals surface area contributed by atoms with Gasteiger partial charge in [-0.05, 0) is 44.0 Å². The third kappa shape index (κ3) is 7.68. The lowest BCUT2D eigenvalue weighted by Crippen LogP contribution is -2.26. The van der Waals surface area contributed by atoms with Gasteiger partial charge in [-0.25, -0.2) is 0 Å². The Balaban J connectivity index is 0.00000312. The highest BCUT2D eigenvalue weighted by Crippen LogP contribution is 2.29. The fraction of sp³-hybridized carbons (Fsp3) is 0.562. The van der Waals surface area contributed by atoms with Crippen molar-refractivity contribution in [3.05, 3.63) is 24.3 Å². The van der Waals surface area contributed by atoms with Crippen molar-refractivity contribution in [1.29, 1.82) is 0 Å². The predicted molar refractivity (Wildman–Crippen MR) is 103 cm³/mol. The zero-order chi connectivity index (χ0) is 17.6. The number of nitrogens with two attached hydrogens (primary N) is 1. The van der Waals surface area contributed by atoms with Gasteiger partial charge in [0, 0.05) is 13.1 Å². The maximum atomic E-state index is 12.4. The second-order valence-corrected chi connectivity index (χ2v) is 5.85. The molecule has 1 aliphatic rings. The number of benzene rings is 1. The Morgan fingerprint density at radius 1 is 1.40 bits per heavy atom. The number of aliphatic imine (C=N–C) groups is 1. The van der Waals surface area contributed by atoms with Crippen LogP contribution in [-0.2, 0) is 0 Å². The number of rotatable bonds is 6. The van der Waals surface area contributed by atoms with Gasteiger partial charge in [0.05, 0.1) is 5.69 Å². The van der Waals surface area contributed by atoms with E-state index in [0.717, 1.165) is 32.5 Å². The Hall–Kier alpha value is -1.23. The average Bonchev–Trinajstić information content (AvgIpc) is 2.94. The quantitative estimate of drug-likeness (QED) is 0.377. The molecule has 1 aromatic carbocycles. The van der Waals surface area contributed by atoms with Gasteiger partial charge in [0.15, 0.2) is 11.7 Å². The highest BCUT2D eigenvalue weighted by molar-refractivity contribution is 14.0. The third-order valence-corrected chi connectivity index (χ3v) is 3.81. The minimum absolute atomic E-state index is 0. The molecule has 9 heteroatoms. The van der Waals surface area contributed by atoms with Crippen LogP contribution in [-0.4, -0.2) is 43.4 Å². The number of guanidine groups is 1. The number of ether oxygens (including phenoxy) is 1. The van der Waals surface area contributed by atoms with Gasteiger partial charge in [-0.2, -0.15) is 0 Å². The molecule has 0 aromatic heterocycles. The van der Waals surface area contributed by atoms with Crippen molar-refractivity contribution < 1.29 is 17.9 Å². The Morgan fingerprint density at radius 2 is 2.12 bits per heavy atom. The van der Waals surface area contributed by atoms with Crippen LogP contribution >= 0.6 is 24.0 Å². The Morgan fingerprint density at radius 3 is 2.80 bits per heavy atom. The molecule has 142 valence electrons. The second-order valence-electron chi connectivity index (χ2n) is 5.85. The molecule has 0 aliphatic carbocycles. The van der Waals surface area contributed by atoms with Gasteiger partial charge >= 0.3 is 6.36 Å². The van der Waals surface area contributed by atoms with Crippen LogP contribution in [0.15, 0.2) is 29.3 Å². The molecule has 1 heterocycles. The van der Waals surface area contributed by atoms with Crippen LogP contribution in [0.4, 0.5) is 18.9 Å². The predicted octanol–water partition coefficient (Wildman–Crippen LogP) is 3.66. The summed E-state index contributed by atoms with van der Waals surface area (Å²) in [5.74, 6) is 0.180. The van der Waals surface area contributed by atoms with Crippen molar-refractivity contribution >= 4 is 35.6 Å². The fourth-order valence-electron chi connectivity index (χ4n) is 2.77. The average molecular weight is 472 g/mol. The highest BCUT2D eigenvalue weighted by Gasteiger charge is 2.32. The maximum absolute atomic E-state index is 12.4. The zero-order valence-corrected chi connectivity index (χ0v) is 16.4. The van der Waals surface area contributed by atoms with Crippen LogP contribution in [0.25, 0.3) is 0 Å². The van der Waals surface area contributed by atoms with Gasteiger partial charge in [-0.1, -0.05) is 19.1 Å². The van der Waals surface area contributed by atoms with Gasteiger partial charge in [-0.3, -0.25) is 4.99 Å². The molecular formula is C16H24F3IN4O. The molecule has 1 aliphatic heterocycles. The first-order valence-corrected chi connectivity index (χ1v) is 8.01. The standard InChI is InChI=1S/C16H23F3N4O.HI/c1-2-8-23-9-7-12(11-23)10-21-15(20)22-13-5-3-4-6-14(13)24-16(17,18)19;/h3-6,12H,2,7-11H2,1H3,(H3,20,21,22);1H. The molecule has 1 saturated heterocycles. The Labute approximate surface area is 162 Å². The van der Waals surface area contributed by atoms with Gasteiger partial charge in [0.1, 0.15) is 0 Å². The van der Waals surface area contributed by atoms with Crippen molar-refractivity contribution in [2.24, 2.45) is 16.6 Å². The van der Waals surface area contributed by atoms with Crippen molar-refractivity contribution in [2.75, 3.05) is 31.5 Å². The van der Waals surface area contributed by atoms with Gasteiger partial charge < -0.3 is 20.7 Å². The summed E-state index contributed by atoms with van der Waals surface area (Å²) in [7, 11) is 0. The minimum atomic E-state index is -4.75. The fourth-order valence-corrected chi connectivity index (χ4v) is 2.77. The van der Waals surface area contributed by atoms with E-state index in [2.05, 4.69) is 26.9 Å². The monoisotopic (exact) mass is 472 g/mol. The number of halogens is 4. The summed E-state index contributed by atoms with van der Waals surface area (Å²) in [5.41, 5.74) is 5.93. The van der Waals surface area contributed by atoms with Crippen molar-refractivity contribution in [2.45, 2.75) is 26.1 Å². The molecule has 2 rings (SSSR count). The SMILES string of the molecule is CCCN1CCC(CN=C(N)Nc2ccccc2OC(F)(F)F)C1.I. The van der Waals surface area contributed by atoms with Gasteiger partial charge in [0.2, 0.25) is 0 Å². The first-order valence-electron chi connectivity index (χ1n) is 8.01. The second kappa shape index (κ2) is 10.0. The van der Waals surface area contributed by atoms with E-state index < -0.39 is 6.36 Å². The number of alkyl halides is 3. The molecule has 1 atom stereocenters. The van der Waals surface area contributed by atoms with Crippen molar-refractivity contribution in [3.8, 4) is 5.75 Å². The summed E-state index contributed by atoms with van der Waals surface area (Å²) < 4.78 is 41.2. The molecule has 25 heavy (non-hydrogen) atoms. The molecule has 0 bridgehead atoms. The number of likely N-dealkylation sites (tertiary alicyclic amines) is 1. The number of anilines is 1. The number of nitrogens with one attached hydrogen (secondary N) is 1. The van der Waals surface area contributed by atoms with Gasteiger partial charge in [-0.15, -0.1) is 37.1 Å². The molecule has 0 saturated carbocycles. The van der Waals surface area contributed by atoms with E-state index in [9.17, 15) is 13.2 Å². The molecule has 0 radical (unpaired) electrons. The first kappa shape index (κ1) is 21.8.